The van der Waals surface area contributed by atoms with E-state index in [1.165, 1.54) is 6.92 Å². The van der Waals surface area contributed by atoms with E-state index in [0.29, 0.717) is 6.21 Å². The van der Waals surface area contributed by atoms with Crippen LogP contribution in [0.25, 0.3) is 5.76 Å². The lowest BCUT2D eigenvalue weighted by atomic mass is 10.1. The van der Waals surface area contributed by atoms with Crippen LogP contribution in [0.2, 0.25) is 0 Å². The highest BCUT2D eigenvalue weighted by molar-refractivity contribution is 6.15. The Balaban J connectivity index is 2.62. The molecule has 1 aliphatic rings. The van der Waals surface area contributed by atoms with Crippen molar-refractivity contribution in [2.75, 3.05) is 6.61 Å². The average molecular weight is 367 g/mol. The van der Waals surface area contributed by atoms with Crippen LogP contribution < -0.4 is 0 Å². The minimum atomic E-state index is -2.42. The van der Waals surface area contributed by atoms with Crippen molar-refractivity contribution in [3.8, 4) is 0 Å². The van der Waals surface area contributed by atoms with Gasteiger partial charge in [-0.2, -0.15) is 0 Å². The van der Waals surface area contributed by atoms with Gasteiger partial charge in [0.1, 0.15) is 17.5 Å². The number of nitrogens with zero attached hydrogens (tertiary/aromatic N) is 1. The monoisotopic (exact) mass is 367 g/mol. The molecule has 1 aromatic carbocycles. The second-order valence-electron chi connectivity index (χ2n) is 5.02. The first-order valence-corrected chi connectivity index (χ1v) is 7.00. The van der Waals surface area contributed by atoms with Crippen LogP contribution in [0.1, 0.15) is 18.9 Å². The zero-order valence-corrected chi connectivity index (χ0v) is 12.6. The highest BCUT2D eigenvalue weighted by Crippen LogP contribution is 2.31. The Morgan fingerprint density at radius 1 is 1.16 bits per heavy atom. The maximum absolute atomic E-state index is 13.8. The van der Waals surface area contributed by atoms with Crippen molar-refractivity contribution in [3.05, 3.63) is 40.2 Å². The van der Waals surface area contributed by atoms with Gasteiger partial charge in [-0.05, 0) is 6.92 Å². The number of aliphatic hydroxyl groups is 1. The zero-order chi connectivity index (χ0) is 18.9. The first kappa shape index (κ1) is 18.8. The van der Waals surface area contributed by atoms with Crippen molar-refractivity contribution in [2.45, 2.75) is 25.6 Å². The average Bonchev–Trinajstić information content (AvgIpc) is 3.27. The van der Waals surface area contributed by atoms with E-state index in [9.17, 15) is 36.2 Å². The van der Waals surface area contributed by atoms with Gasteiger partial charge in [0.15, 0.2) is 23.3 Å². The summed E-state index contributed by atoms with van der Waals surface area (Å²) < 4.78 is 84.5. The number of hydrogen-bond donors (Lipinski definition) is 1. The van der Waals surface area contributed by atoms with E-state index in [0.717, 1.165) is 0 Å². The highest BCUT2D eigenvalue weighted by Gasteiger charge is 2.37. The number of hydrogen-bond acceptors (Lipinski definition) is 4. The Kier molecular flexibility index (Phi) is 5.39. The van der Waals surface area contributed by atoms with Crippen molar-refractivity contribution in [3.63, 3.8) is 0 Å². The molecule has 1 aliphatic carbocycles. The molecule has 2 rings (SSSR count). The van der Waals surface area contributed by atoms with Crippen molar-refractivity contribution in [2.24, 2.45) is 4.99 Å². The summed E-state index contributed by atoms with van der Waals surface area (Å²) in [5.41, 5.74) is -2.68. The normalized spacial score (nSPS) is 20.6. The summed E-state index contributed by atoms with van der Waals surface area (Å²) in [5.74, 6) is -14.6. The summed E-state index contributed by atoms with van der Waals surface area (Å²) in [4.78, 5) is 15.4. The summed E-state index contributed by atoms with van der Waals surface area (Å²) in [6.07, 6.45) is -0.665. The lowest BCUT2D eigenvalue weighted by molar-refractivity contribution is -0.137. The van der Waals surface area contributed by atoms with Crippen LogP contribution in [0, 0.1) is 29.1 Å². The molecule has 2 unspecified atom stereocenters. The van der Waals surface area contributed by atoms with Crippen molar-refractivity contribution in [1.82, 2.24) is 0 Å². The maximum atomic E-state index is 13.8. The Labute approximate surface area is 137 Å². The number of carbonyl (C=O) groups excluding carboxylic acids is 1. The molecule has 0 aromatic heterocycles. The summed E-state index contributed by atoms with van der Waals surface area (Å²) in [6, 6.07) is -0.825. The molecule has 1 N–H and O–H groups in total. The topological polar surface area (TPSA) is 58.9 Å². The van der Waals surface area contributed by atoms with E-state index in [4.69, 9.17) is 0 Å². The van der Waals surface area contributed by atoms with Crippen LogP contribution >= 0.6 is 0 Å². The molecule has 2 atom stereocenters. The highest BCUT2D eigenvalue weighted by atomic mass is 19.2. The Bertz CT molecular complexity index is 748. The summed E-state index contributed by atoms with van der Waals surface area (Å²) in [5, 5.41) is 9.94. The number of rotatable bonds is 5. The fourth-order valence-corrected chi connectivity index (χ4v) is 1.84. The Morgan fingerprint density at radius 2 is 1.64 bits per heavy atom. The second kappa shape index (κ2) is 7.16. The molecule has 0 bridgehead atoms. The zero-order valence-electron chi connectivity index (χ0n) is 12.6. The van der Waals surface area contributed by atoms with Crippen LogP contribution in [0.5, 0.6) is 0 Å². The van der Waals surface area contributed by atoms with Gasteiger partial charge in [0.05, 0.1) is 18.2 Å². The van der Waals surface area contributed by atoms with E-state index in [2.05, 4.69) is 9.73 Å². The third-order valence-corrected chi connectivity index (χ3v) is 3.27. The number of benzene rings is 1. The number of halogens is 6. The van der Waals surface area contributed by atoms with Gasteiger partial charge in [0, 0.05) is 12.6 Å². The molecular formula is C15H11F6NO3. The predicted molar refractivity (Wildman–Crippen MR) is 74.2 cm³/mol. The van der Waals surface area contributed by atoms with Gasteiger partial charge in [-0.1, -0.05) is 0 Å². The molecule has 0 radical (unpaired) electrons. The number of alkyl halides is 1. The van der Waals surface area contributed by atoms with Crippen LogP contribution in [0.4, 0.5) is 26.3 Å². The molecule has 0 saturated heterocycles. The van der Waals surface area contributed by atoms with Crippen LogP contribution in [0.3, 0.4) is 0 Å². The molecule has 10 heteroatoms. The quantitative estimate of drug-likeness (QED) is 0.165. The smallest absolute Gasteiger partial charge is 0.343 e. The standard InChI is InChI=1S/C15H11F6NO3/c1-2-25-15(24)5(4-22-7-3-6(7)16)14(23)8-9(17)11(19)13(21)12(20)10(8)18/h4,6-7,23H,2-3H2,1H3/b14-5+,22-4?. The molecule has 25 heavy (non-hydrogen) atoms. The van der Waals surface area contributed by atoms with Crippen molar-refractivity contribution >= 4 is 17.9 Å². The third-order valence-electron chi connectivity index (χ3n) is 3.27. The fourth-order valence-electron chi connectivity index (χ4n) is 1.84. The maximum Gasteiger partial charge on any atom is 0.343 e. The molecular weight excluding hydrogens is 356 g/mol. The lowest BCUT2D eigenvalue weighted by Gasteiger charge is -2.10. The predicted octanol–water partition coefficient (Wildman–Crippen LogP) is 3.40. The number of esters is 1. The van der Waals surface area contributed by atoms with Gasteiger partial charge in [-0.3, -0.25) is 4.99 Å². The summed E-state index contributed by atoms with van der Waals surface area (Å²) in [7, 11) is 0. The van der Waals surface area contributed by atoms with Crippen LogP contribution in [-0.4, -0.2) is 36.1 Å². The van der Waals surface area contributed by atoms with E-state index >= 15 is 0 Å². The molecule has 1 saturated carbocycles. The molecule has 0 amide bonds. The van der Waals surface area contributed by atoms with Gasteiger partial charge in [-0.15, -0.1) is 0 Å². The second-order valence-corrected chi connectivity index (χ2v) is 5.02. The lowest BCUT2D eigenvalue weighted by Crippen LogP contribution is -2.14. The number of aliphatic imine (C=N–C) groups is 1. The van der Waals surface area contributed by atoms with Gasteiger partial charge in [-0.25, -0.2) is 31.1 Å². The largest absolute Gasteiger partial charge is 0.506 e. The van der Waals surface area contributed by atoms with E-state index in [-0.39, 0.29) is 13.0 Å². The summed E-state index contributed by atoms with van der Waals surface area (Å²) in [6.45, 7) is 1.16. The molecule has 1 fully saturated rings. The van der Waals surface area contributed by atoms with E-state index in [1.54, 1.807) is 0 Å². The molecule has 0 spiro atoms. The van der Waals surface area contributed by atoms with Crippen LogP contribution in [0.15, 0.2) is 10.6 Å². The van der Waals surface area contributed by atoms with Crippen LogP contribution in [-0.2, 0) is 9.53 Å². The Hall–Kier alpha value is -2.52. The third kappa shape index (κ3) is 3.62. The van der Waals surface area contributed by atoms with Crippen molar-refractivity contribution < 1.29 is 41.0 Å². The molecule has 0 heterocycles. The molecule has 4 nitrogen and oxygen atoms in total. The van der Waals surface area contributed by atoms with E-state index in [1.807, 2.05) is 0 Å². The van der Waals surface area contributed by atoms with Crippen molar-refractivity contribution in [1.29, 1.82) is 0 Å². The fraction of sp³-hybridized carbons (Fsp3) is 0.333. The first-order chi connectivity index (χ1) is 11.7. The minimum absolute atomic E-state index is 0.0376. The number of carbonyl (C=O) groups is 1. The van der Waals surface area contributed by atoms with E-state index < -0.39 is 64.2 Å². The SMILES string of the molecule is CCOC(=O)/C(C=NC1CC1F)=C(/O)c1c(F)c(F)c(F)c(F)c1F. The Morgan fingerprint density at radius 3 is 2.08 bits per heavy atom. The molecule has 1 aromatic rings. The number of aliphatic hydroxyl groups excluding tert-OH is 1. The molecule has 136 valence electrons. The van der Waals surface area contributed by atoms with Gasteiger partial charge < -0.3 is 9.84 Å². The first-order valence-electron chi connectivity index (χ1n) is 7.00. The minimum Gasteiger partial charge on any atom is -0.506 e. The van der Waals surface area contributed by atoms with Gasteiger partial charge >= 0.3 is 5.97 Å². The number of ether oxygens (including phenoxy) is 1. The van der Waals surface area contributed by atoms with Gasteiger partial charge in [0.2, 0.25) is 5.82 Å². The molecule has 0 aliphatic heterocycles. The summed E-state index contributed by atoms with van der Waals surface area (Å²) >= 11 is 0. The van der Waals surface area contributed by atoms with Gasteiger partial charge in [0.25, 0.3) is 0 Å².